The van der Waals surface area contributed by atoms with E-state index in [9.17, 15) is 18.0 Å². The molecule has 1 aliphatic rings. The number of amides is 1. The summed E-state index contributed by atoms with van der Waals surface area (Å²) in [6.07, 6.45) is -3.88. The Morgan fingerprint density at radius 2 is 1.86 bits per heavy atom. The molecule has 1 heterocycles. The van der Waals surface area contributed by atoms with Gasteiger partial charge in [0.15, 0.2) is 0 Å². The topological polar surface area (TPSA) is 41.1 Å². The highest BCUT2D eigenvalue weighted by Crippen LogP contribution is 2.26. The summed E-state index contributed by atoms with van der Waals surface area (Å²) in [4.78, 5) is 12.1. The van der Waals surface area contributed by atoms with Crippen LogP contribution in [0.15, 0.2) is 24.3 Å². The zero-order valence-electron chi connectivity index (χ0n) is 11.4. The van der Waals surface area contributed by atoms with Crippen molar-refractivity contribution in [3.63, 3.8) is 0 Å². The Morgan fingerprint density at radius 1 is 1.24 bits per heavy atom. The van der Waals surface area contributed by atoms with Crippen LogP contribution >= 0.6 is 12.4 Å². The third-order valence-corrected chi connectivity index (χ3v) is 3.38. The predicted molar refractivity (Wildman–Crippen MR) is 77.7 cm³/mol. The molecule has 0 spiro atoms. The Morgan fingerprint density at radius 3 is 2.48 bits per heavy atom. The third-order valence-electron chi connectivity index (χ3n) is 3.38. The van der Waals surface area contributed by atoms with Crippen LogP contribution in [0.25, 0.3) is 0 Å². The number of piperidine rings is 1. The zero-order valence-corrected chi connectivity index (χ0v) is 12.2. The molecule has 7 heteroatoms. The van der Waals surface area contributed by atoms with Crippen LogP contribution in [-0.4, -0.2) is 25.2 Å². The standard InChI is InChI=1S/C14H17F3N2O.ClH/c15-14(16,17)9-11-3-1-2-4-12(11)19-13(20)10-5-7-18-8-6-10;/h1-4,10,18H,5-9H2,(H,19,20);1H. The van der Waals surface area contributed by atoms with E-state index in [0.717, 1.165) is 13.1 Å². The van der Waals surface area contributed by atoms with Gasteiger partial charge in [0.25, 0.3) is 0 Å². The number of benzene rings is 1. The average molecular weight is 323 g/mol. The minimum Gasteiger partial charge on any atom is -0.326 e. The Hall–Kier alpha value is -1.27. The quantitative estimate of drug-likeness (QED) is 0.897. The van der Waals surface area contributed by atoms with Crippen LogP contribution in [0.2, 0.25) is 0 Å². The van der Waals surface area contributed by atoms with Gasteiger partial charge in [-0.2, -0.15) is 13.2 Å². The fourth-order valence-corrected chi connectivity index (χ4v) is 2.33. The Kier molecular flexibility index (Phi) is 6.48. The summed E-state index contributed by atoms with van der Waals surface area (Å²) in [5.41, 5.74) is 0.357. The van der Waals surface area contributed by atoms with Crippen molar-refractivity contribution in [2.24, 2.45) is 5.92 Å². The zero-order chi connectivity index (χ0) is 14.6. The predicted octanol–water partition coefficient (Wildman–Crippen LogP) is 3.15. The first-order valence-corrected chi connectivity index (χ1v) is 6.62. The highest BCUT2D eigenvalue weighted by molar-refractivity contribution is 5.93. The van der Waals surface area contributed by atoms with Gasteiger partial charge in [-0.05, 0) is 37.6 Å². The molecular formula is C14H18ClF3N2O. The maximum atomic E-state index is 12.5. The molecule has 3 nitrogen and oxygen atoms in total. The van der Waals surface area contributed by atoms with Crippen molar-refractivity contribution in [3.05, 3.63) is 29.8 Å². The van der Waals surface area contributed by atoms with Crippen molar-refractivity contribution >= 4 is 24.0 Å². The molecule has 1 aromatic rings. The number of rotatable bonds is 3. The molecule has 1 fully saturated rings. The second-order valence-corrected chi connectivity index (χ2v) is 4.96. The summed E-state index contributed by atoms with van der Waals surface area (Å²) < 4.78 is 37.5. The molecule has 0 saturated carbocycles. The number of para-hydroxylation sites is 1. The fourth-order valence-electron chi connectivity index (χ4n) is 2.33. The Balaban J connectivity index is 0.00000220. The van der Waals surface area contributed by atoms with E-state index in [2.05, 4.69) is 10.6 Å². The van der Waals surface area contributed by atoms with E-state index in [-0.39, 0.29) is 35.5 Å². The largest absolute Gasteiger partial charge is 0.393 e. The summed E-state index contributed by atoms with van der Waals surface area (Å²) in [5, 5.41) is 5.78. The lowest BCUT2D eigenvalue weighted by atomic mass is 9.97. The van der Waals surface area contributed by atoms with Crippen molar-refractivity contribution in [1.82, 2.24) is 5.32 Å². The van der Waals surface area contributed by atoms with Gasteiger partial charge in [-0.25, -0.2) is 0 Å². The van der Waals surface area contributed by atoms with Gasteiger partial charge in [0.2, 0.25) is 5.91 Å². The second-order valence-electron chi connectivity index (χ2n) is 4.96. The fraction of sp³-hybridized carbons (Fsp3) is 0.500. The number of hydrogen-bond donors (Lipinski definition) is 2. The molecule has 118 valence electrons. The normalized spacial score (nSPS) is 16.1. The number of anilines is 1. The van der Waals surface area contributed by atoms with Crippen LogP contribution in [0.4, 0.5) is 18.9 Å². The number of nitrogens with one attached hydrogen (secondary N) is 2. The number of halogens is 4. The van der Waals surface area contributed by atoms with Crippen LogP contribution in [0.1, 0.15) is 18.4 Å². The summed E-state index contributed by atoms with van der Waals surface area (Å²) in [6, 6.07) is 6.07. The van der Waals surface area contributed by atoms with Crippen LogP contribution < -0.4 is 10.6 Å². The molecule has 0 atom stereocenters. The van der Waals surface area contributed by atoms with Crippen molar-refractivity contribution in [1.29, 1.82) is 0 Å². The molecule has 1 aromatic carbocycles. The molecule has 1 saturated heterocycles. The number of carbonyl (C=O) groups excluding carboxylic acids is 1. The first-order chi connectivity index (χ1) is 9.46. The van der Waals surface area contributed by atoms with Crippen LogP contribution in [0.3, 0.4) is 0 Å². The van der Waals surface area contributed by atoms with Gasteiger partial charge in [-0.3, -0.25) is 4.79 Å². The van der Waals surface area contributed by atoms with E-state index >= 15 is 0 Å². The highest BCUT2D eigenvalue weighted by Gasteiger charge is 2.29. The van der Waals surface area contributed by atoms with Gasteiger partial charge in [0.05, 0.1) is 6.42 Å². The van der Waals surface area contributed by atoms with E-state index in [4.69, 9.17) is 0 Å². The minimum atomic E-state index is -4.28. The van der Waals surface area contributed by atoms with Gasteiger partial charge in [0, 0.05) is 11.6 Å². The van der Waals surface area contributed by atoms with E-state index < -0.39 is 12.6 Å². The molecule has 0 radical (unpaired) electrons. The minimum absolute atomic E-state index is 0. The maximum Gasteiger partial charge on any atom is 0.393 e. The lowest BCUT2D eigenvalue weighted by molar-refractivity contribution is -0.127. The maximum absolute atomic E-state index is 12.5. The van der Waals surface area contributed by atoms with E-state index in [1.54, 1.807) is 12.1 Å². The van der Waals surface area contributed by atoms with Crippen molar-refractivity contribution in [2.75, 3.05) is 18.4 Å². The van der Waals surface area contributed by atoms with Gasteiger partial charge in [-0.1, -0.05) is 18.2 Å². The monoisotopic (exact) mass is 322 g/mol. The van der Waals surface area contributed by atoms with Crippen molar-refractivity contribution in [2.45, 2.75) is 25.4 Å². The Bertz CT molecular complexity index is 474. The average Bonchev–Trinajstić information content (AvgIpc) is 2.40. The molecule has 0 aliphatic carbocycles. The molecule has 1 aliphatic heterocycles. The van der Waals surface area contributed by atoms with Crippen LogP contribution in [-0.2, 0) is 11.2 Å². The SMILES string of the molecule is Cl.O=C(Nc1ccccc1CC(F)(F)F)C1CCNCC1. The van der Waals surface area contributed by atoms with Gasteiger partial charge in [-0.15, -0.1) is 12.4 Å². The molecule has 2 N–H and O–H groups in total. The van der Waals surface area contributed by atoms with Crippen LogP contribution in [0.5, 0.6) is 0 Å². The van der Waals surface area contributed by atoms with Gasteiger partial charge in [0.1, 0.15) is 0 Å². The summed E-state index contributed by atoms with van der Waals surface area (Å²) in [7, 11) is 0. The molecule has 1 amide bonds. The lowest BCUT2D eigenvalue weighted by Gasteiger charge is -2.22. The second kappa shape index (κ2) is 7.66. The molecule has 0 bridgehead atoms. The summed E-state index contributed by atoms with van der Waals surface area (Å²) >= 11 is 0. The summed E-state index contributed by atoms with van der Waals surface area (Å²) in [5.74, 6) is -0.323. The molecule has 0 aromatic heterocycles. The highest BCUT2D eigenvalue weighted by atomic mass is 35.5. The first-order valence-electron chi connectivity index (χ1n) is 6.62. The van der Waals surface area contributed by atoms with E-state index in [0.29, 0.717) is 12.8 Å². The molecule has 0 unspecified atom stereocenters. The lowest BCUT2D eigenvalue weighted by Crippen LogP contribution is -2.34. The van der Waals surface area contributed by atoms with Gasteiger partial charge >= 0.3 is 6.18 Å². The first kappa shape index (κ1) is 17.8. The smallest absolute Gasteiger partial charge is 0.326 e. The van der Waals surface area contributed by atoms with E-state index in [1.807, 2.05) is 0 Å². The molecular weight excluding hydrogens is 305 g/mol. The van der Waals surface area contributed by atoms with Gasteiger partial charge < -0.3 is 10.6 Å². The number of carbonyl (C=O) groups is 1. The van der Waals surface area contributed by atoms with Crippen molar-refractivity contribution in [3.8, 4) is 0 Å². The Labute approximate surface area is 127 Å². The number of alkyl halides is 3. The third kappa shape index (κ3) is 5.55. The molecule has 21 heavy (non-hydrogen) atoms. The van der Waals surface area contributed by atoms with Crippen LogP contribution in [0, 0.1) is 5.92 Å². The van der Waals surface area contributed by atoms with E-state index in [1.165, 1.54) is 12.1 Å². The van der Waals surface area contributed by atoms with Crippen molar-refractivity contribution < 1.29 is 18.0 Å². The summed E-state index contributed by atoms with van der Waals surface area (Å²) in [6.45, 7) is 1.53. The molecule has 2 rings (SSSR count). The number of hydrogen-bond acceptors (Lipinski definition) is 2.